The van der Waals surface area contributed by atoms with Crippen molar-refractivity contribution < 1.29 is 22.4 Å². The molecule has 1 amide bonds. The van der Waals surface area contributed by atoms with Crippen LogP contribution < -0.4 is 0 Å². The number of hydrogen-bond acceptors (Lipinski definition) is 4. The van der Waals surface area contributed by atoms with Crippen LogP contribution in [0.1, 0.15) is 21.6 Å². The lowest BCUT2D eigenvalue weighted by molar-refractivity contribution is -0.137. The van der Waals surface area contributed by atoms with Gasteiger partial charge < -0.3 is 9.32 Å². The fourth-order valence-electron chi connectivity index (χ4n) is 3.42. The van der Waals surface area contributed by atoms with Crippen LogP contribution in [0.15, 0.2) is 65.3 Å². The largest absolute Gasteiger partial charge is 0.444 e. The summed E-state index contributed by atoms with van der Waals surface area (Å²) in [5, 5.41) is 0. The molecule has 30 heavy (non-hydrogen) atoms. The molecule has 0 unspecified atom stereocenters. The van der Waals surface area contributed by atoms with Gasteiger partial charge in [-0.15, -0.1) is 0 Å². The second-order valence-corrected chi connectivity index (χ2v) is 7.15. The van der Waals surface area contributed by atoms with E-state index in [1.165, 1.54) is 12.1 Å². The molecule has 3 aromatic rings. The highest BCUT2D eigenvalue weighted by Gasteiger charge is 2.30. The normalized spacial score (nSPS) is 15.4. The van der Waals surface area contributed by atoms with Crippen molar-refractivity contribution in [2.45, 2.75) is 12.7 Å². The Kier molecular flexibility index (Phi) is 5.59. The average molecular weight is 415 g/mol. The molecule has 1 saturated heterocycles. The quantitative estimate of drug-likeness (QED) is 0.637. The van der Waals surface area contributed by atoms with E-state index < -0.39 is 11.7 Å². The first-order valence-electron chi connectivity index (χ1n) is 9.59. The van der Waals surface area contributed by atoms with Crippen molar-refractivity contribution in [2.24, 2.45) is 0 Å². The molecule has 0 atom stereocenters. The number of carbonyl (C=O) groups is 1. The number of piperazine rings is 1. The third kappa shape index (κ3) is 4.54. The summed E-state index contributed by atoms with van der Waals surface area (Å²) in [5.74, 6) is 0.317. The number of rotatable bonds is 4. The second kappa shape index (κ2) is 8.31. The number of benzene rings is 2. The topological polar surface area (TPSA) is 49.6 Å². The monoisotopic (exact) mass is 415 g/mol. The van der Waals surface area contributed by atoms with E-state index >= 15 is 0 Å². The van der Waals surface area contributed by atoms with Gasteiger partial charge in [0.05, 0.1) is 11.3 Å². The lowest BCUT2D eigenvalue weighted by Crippen LogP contribution is -2.48. The Morgan fingerprint density at radius 2 is 1.63 bits per heavy atom. The van der Waals surface area contributed by atoms with Gasteiger partial charge in [0.25, 0.3) is 5.91 Å². The van der Waals surface area contributed by atoms with Crippen LogP contribution in [-0.4, -0.2) is 46.9 Å². The molecule has 1 aliphatic heterocycles. The molecule has 0 radical (unpaired) electrons. The Hall–Kier alpha value is -3.13. The Bertz CT molecular complexity index is 992. The maximum Gasteiger partial charge on any atom is 0.416 e. The van der Waals surface area contributed by atoms with Gasteiger partial charge in [0.15, 0.2) is 0 Å². The van der Waals surface area contributed by atoms with Crippen molar-refractivity contribution >= 4 is 5.91 Å². The van der Waals surface area contributed by atoms with Gasteiger partial charge in [-0.1, -0.05) is 18.2 Å². The molecule has 8 heteroatoms. The summed E-state index contributed by atoms with van der Waals surface area (Å²) in [5.41, 5.74) is 1.24. The van der Waals surface area contributed by atoms with Gasteiger partial charge in [-0.25, -0.2) is 4.98 Å². The molecule has 2 heterocycles. The Morgan fingerprint density at radius 3 is 2.27 bits per heavy atom. The van der Waals surface area contributed by atoms with Crippen molar-refractivity contribution in [3.8, 4) is 11.5 Å². The second-order valence-electron chi connectivity index (χ2n) is 7.15. The minimum atomic E-state index is -4.41. The molecule has 5 nitrogen and oxygen atoms in total. The van der Waals surface area contributed by atoms with Crippen molar-refractivity contribution in [1.29, 1.82) is 0 Å². The van der Waals surface area contributed by atoms with E-state index in [0.717, 1.165) is 23.4 Å². The lowest BCUT2D eigenvalue weighted by atomic mass is 10.1. The molecule has 1 aromatic heterocycles. The fraction of sp³-hybridized carbons (Fsp3) is 0.273. The molecule has 0 aliphatic carbocycles. The summed E-state index contributed by atoms with van der Waals surface area (Å²) in [7, 11) is 0. The smallest absolute Gasteiger partial charge is 0.416 e. The molecule has 0 bridgehead atoms. The van der Waals surface area contributed by atoms with Gasteiger partial charge in [-0.3, -0.25) is 9.69 Å². The summed E-state index contributed by atoms with van der Waals surface area (Å²) < 4.78 is 43.6. The fourth-order valence-corrected chi connectivity index (χ4v) is 3.42. The highest BCUT2D eigenvalue weighted by Crippen LogP contribution is 2.29. The first-order chi connectivity index (χ1) is 14.4. The zero-order valence-corrected chi connectivity index (χ0v) is 16.1. The zero-order valence-electron chi connectivity index (χ0n) is 16.1. The highest BCUT2D eigenvalue weighted by atomic mass is 19.4. The van der Waals surface area contributed by atoms with Gasteiger partial charge in [-0.2, -0.15) is 13.2 Å². The molecular weight excluding hydrogens is 395 g/mol. The van der Waals surface area contributed by atoms with E-state index in [4.69, 9.17) is 4.42 Å². The summed E-state index contributed by atoms with van der Waals surface area (Å²) in [6.45, 7) is 2.92. The average Bonchev–Trinajstić information content (AvgIpc) is 3.22. The van der Waals surface area contributed by atoms with Crippen LogP contribution in [0.2, 0.25) is 0 Å². The molecule has 156 valence electrons. The number of halogens is 3. The Balaban J connectivity index is 1.32. The van der Waals surface area contributed by atoms with E-state index in [2.05, 4.69) is 9.88 Å². The molecule has 1 fully saturated rings. The van der Waals surface area contributed by atoms with Crippen LogP contribution in [0.5, 0.6) is 0 Å². The van der Waals surface area contributed by atoms with Gasteiger partial charge in [-0.05, 0) is 36.4 Å². The maximum atomic E-state index is 12.7. The number of alkyl halides is 3. The molecule has 4 rings (SSSR count). The third-order valence-electron chi connectivity index (χ3n) is 5.08. The van der Waals surface area contributed by atoms with E-state index in [-0.39, 0.29) is 11.5 Å². The first-order valence-corrected chi connectivity index (χ1v) is 9.59. The number of oxazole rings is 1. The van der Waals surface area contributed by atoms with Gasteiger partial charge in [0.1, 0.15) is 6.26 Å². The summed E-state index contributed by atoms with van der Waals surface area (Å²) in [6.07, 6.45) is -2.77. The number of nitrogens with zero attached hydrogens (tertiary/aromatic N) is 3. The van der Waals surface area contributed by atoms with Crippen molar-refractivity contribution in [2.75, 3.05) is 26.2 Å². The van der Waals surface area contributed by atoms with Crippen LogP contribution in [0.25, 0.3) is 11.5 Å². The minimum Gasteiger partial charge on any atom is -0.444 e. The maximum absolute atomic E-state index is 12.7. The first kappa shape index (κ1) is 20.2. The molecule has 1 aliphatic rings. The van der Waals surface area contributed by atoms with Crippen molar-refractivity contribution in [3.63, 3.8) is 0 Å². The van der Waals surface area contributed by atoms with Crippen molar-refractivity contribution in [3.05, 3.63) is 77.7 Å². The molecular formula is C22H20F3N3O2. The van der Waals surface area contributed by atoms with Crippen LogP contribution in [-0.2, 0) is 12.7 Å². The van der Waals surface area contributed by atoms with E-state index in [9.17, 15) is 18.0 Å². The number of amides is 1. The molecule has 2 aromatic carbocycles. The summed E-state index contributed by atoms with van der Waals surface area (Å²) >= 11 is 0. The van der Waals surface area contributed by atoms with E-state index in [0.29, 0.717) is 38.6 Å². The standard InChI is InChI=1S/C22H20F3N3O2/c23-22(24,25)18-8-6-17(7-9-18)21(29)28-12-10-27(11-13-28)14-19-15-30-20(26-19)16-4-2-1-3-5-16/h1-9,15H,10-14H2. The Labute approximate surface area is 171 Å². The SMILES string of the molecule is O=C(c1ccc(C(F)(F)F)cc1)N1CCN(Cc2coc(-c3ccccc3)n2)CC1. The number of hydrogen-bond donors (Lipinski definition) is 0. The van der Waals surface area contributed by atoms with Gasteiger partial charge >= 0.3 is 6.18 Å². The van der Waals surface area contributed by atoms with Crippen molar-refractivity contribution in [1.82, 2.24) is 14.8 Å². The van der Waals surface area contributed by atoms with Crippen LogP contribution in [0, 0.1) is 0 Å². The molecule has 0 saturated carbocycles. The highest BCUT2D eigenvalue weighted by molar-refractivity contribution is 5.94. The van der Waals surface area contributed by atoms with E-state index in [1.54, 1.807) is 11.2 Å². The molecule has 0 N–H and O–H groups in total. The number of aromatic nitrogens is 1. The van der Waals surface area contributed by atoms with E-state index in [1.807, 2.05) is 30.3 Å². The van der Waals surface area contributed by atoms with Crippen LogP contribution >= 0.6 is 0 Å². The third-order valence-corrected chi connectivity index (χ3v) is 5.08. The zero-order chi connectivity index (χ0) is 21.1. The minimum absolute atomic E-state index is 0.254. The predicted octanol–water partition coefficient (Wildman–Crippen LogP) is 4.32. The van der Waals surface area contributed by atoms with Gasteiger partial charge in [0.2, 0.25) is 5.89 Å². The predicted molar refractivity (Wildman–Crippen MR) is 105 cm³/mol. The lowest BCUT2D eigenvalue weighted by Gasteiger charge is -2.34. The summed E-state index contributed by atoms with van der Waals surface area (Å²) in [4.78, 5) is 20.9. The van der Waals surface area contributed by atoms with Gasteiger partial charge in [0, 0.05) is 43.9 Å². The summed E-state index contributed by atoms with van der Waals surface area (Å²) in [6, 6.07) is 14.0. The Morgan fingerprint density at radius 1 is 0.967 bits per heavy atom. The van der Waals surface area contributed by atoms with Crippen LogP contribution in [0.4, 0.5) is 13.2 Å². The number of carbonyl (C=O) groups excluding carboxylic acids is 1. The molecule has 0 spiro atoms. The van der Waals surface area contributed by atoms with Crippen LogP contribution in [0.3, 0.4) is 0 Å².